The number of hydrogen-bond acceptors (Lipinski definition) is 5. The SMILES string of the molecule is COc1cc(OC)c(CNC(C)C(N)=O)c(OC)c1. The highest BCUT2D eigenvalue weighted by molar-refractivity contribution is 5.79. The number of amides is 1. The molecule has 106 valence electrons. The van der Waals surface area contributed by atoms with Crippen molar-refractivity contribution in [3.63, 3.8) is 0 Å². The fourth-order valence-corrected chi connectivity index (χ4v) is 1.61. The molecule has 6 nitrogen and oxygen atoms in total. The average molecular weight is 268 g/mol. The predicted octanol–water partition coefficient (Wildman–Crippen LogP) is 0.676. The van der Waals surface area contributed by atoms with E-state index in [1.165, 1.54) is 0 Å². The van der Waals surface area contributed by atoms with Crippen molar-refractivity contribution >= 4 is 5.91 Å². The van der Waals surface area contributed by atoms with Crippen LogP contribution in [-0.4, -0.2) is 33.3 Å². The van der Waals surface area contributed by atoms with Crippen molar-refractivity contribution in [3.8, 4) is 17.2 Å². The molecule has 1 amide bonds. The van der Waals surface area contributed by atoms with Crippen LogP contribution >= 0.6 is 0 Å². The Kier molecular flexibility index (Phi) is 5.44. The number of carbonyl (C=O) groups excluding carboxylic acids is 1. The number of nitrogens with one attached hydrogen (secondary N) is 1. The maximum Gasteiger partial charge on any atom is 0.234 e. The van der Waals surface area contributed by atoms with Crippen molar-refractivity contribution in [3.05, 3.63) is 17.7 Å². The zero-order valence-electron chi connectivity index (χ0n) is 11.6. The van der Waals surface area contributed by atoms with Crippen LogP contribution in [0.15, 0.2) is 12.1 Å². The Labute approximate surface area is 112 Å². The number of methoxy groups -OCH3 is 3. The highest BCUT2D eigenvalue weighted by Gasteiger charge is 2.15. The van der Waals surface area contributed by atoms with E-state index in [2.05, 4.69) is 5.32 Å². The monoisotopic (exact) mass is 268 g/mol. The zero-order valence-corrected chi connectivity index (χ0v) is 11.6. The minimum absolute atomic E-state index is 0.403. The molecule has 0 spiro atoms. The van der Waals surface area contributed by atoms with Crippen LogP contribution in [0.3, 0.4) is 0 Å². The lowest BCUT2D eigenvalue weighted by Crippen LogP contribution is -2.38. The summed E-state index contributed by atoms with van der Waals surface area (Å²) >= 11 is 0. The van der Waals surface area contributed by atoms with Gasteiger partial charge in [-0.25, -0.2) is 0 Å². The third kappa shape index (κ3) is 3.75. The number of benzene rings is 1. The molecule has 0 aliphatic heterocycles. The number of hydrogen-bond donors (Lipinski definition) is 2. The summed E-state index contributed by atoms with van der Waals surface area (Å²) in [7, 11) is 4.70. The molecule has 0 aromatic heterocycles. The third-order valence-corrected chi connectivity index (χ3v) is 2.83. The van der Waals surface area contributed by atoms with Crippen molar-refractivity contribution in [1.82, 2.24) is 5.32 Å². The minimum Gasteiger partial charge on any atom is -0.496 e. The third-order valence-electron chi connectivity index (χ3n) is 2.83. The van der Waals surface area contributed by atoms with Crippen molar-refractivity contribution in [2.24, 2.45) is 5.73 Å². The smallest absolute Gasteiger partial charge is 0.234 e. The molecular formula is C13H20N2O4. The van der Waals surface area contributed by atoms with E-state index in [1.807, 2.05) is 0 Å². The Hall–Kier alpha value is -1.95. The van der Waals surface area contributed by atoms with Gasteiger partial charge >= 0.3 is 0 Å². The fourth-order valence-electron chi connectivity index (χ4n) is 1.61. The number of primary amides is 1. The second-order valence-corrected chi connectivity index (χ2v) is 4.02. The van der Waals surface area contributed by atoms with Gasteiger partial charge in [-0.1, -0.05) is 0 Å². The van der Waals surface area contributed by atoms with Gasteiger partial charge in [0.2, 0.25) is 5.91 Å². The molecule has 6 heteroatoms. The van der Waals surface area contributed by atoms with Crippen LogP contribution in [0.5, 0.6) is 17.2 Å². The molecule has 19 heavy (non-hydrogen) atoms. The Balaban J connectivity index is 3.00. The first-order chi connectivity index (χ1) is 9.03. The normalized spacial score (nSPS) is 11.8. The highest BCUT2D eigenvalue weighted by atomic mass is 16.5. The summed E-state index contributed by atoms with van der Waals surface area (Å²) in [6.07, 6.45) is 0. The average Bonchev–Trinajstić information content (AvgIpc) is 2.43. The lowest BCUT2D eigenvalue weighted by atomic mass is 10.1. The van der Waals surface area contributed by atoms with E-state index in [1.54, 1.807) is 40.4 Å². The molecule has 3 N–H and O–H groups in total. The van der Waals surface area contributed by atoms with Gasteiger partial charge in [0.25, 0.3) is 0 Å². The van der Waals surface area contributed by atoms with Crippen molar-refractivity contribution in [2.45, 2.75) is 19.5 Å². The molecule has 0 saturated heterocycles. The van der Waals surface area contributed by atoms with E-state index in [4.69, 9.17) is 19.9 Å². The molecule has 0 saturated carbocycles. The highest BCUT2D eigenvalue weighted by Crippen LogP contribution is 2.33. The predicted molar refractivity (Wildman–Crippen MR) is 71.6 cm³/mol. The van der Waals surface area contributed by atoms with E-state index in [0.29, 0.717) is 23.8 Å². The summed E-state index contributed by atoms with van der Waals surface area (Å²) in [5, 5.41) is 3.01. The lowest BCUT2D eigenvalue weighted by Gasteiger charge is -2.17. The van der Waals surface area contributed by atoms with Crippen LogP contribution in [0.2, 0.25) is 0 Å². The van der Waals surface area contributed by atoms with Gasteiger partial charge in [-0.05, 0) is 6.92 Å². The summed E-state index contributed by atoms with van der Waals surface area (Å²) in [6.45, 7) is 2.10. The van der Waals surface area contributed by atoms with Gasteiger partial charge < -0.3 is 25.3 Å². The van der Waals surface area contributed by atoms with Crippen molar-refractivity contribution < 1.29 is 19.0 Å². The summed E-state index contributed by atoms with van der Waals surface area (Å²) in [6, 6.07) is 3.08. The van der Waals surface area contributed by atoms with E-state index >= 15 is 0 Å². The summed E-state index contributed by atoms with van der Waals surface area (Å²) in [5.74, 6) is 1.48. The van der Waals surface area contributed by atoms with Gasteiger partial charge in [-0.3, -0.25) is 4.79 Å². The molecule has 1 aromatic carbocycles. The standard InChI is InChI=1S/C13H20N2O4/c1-8(13(14)16)15-7-10-11(18-3)5-9(17-2)6-12(10)19-4/h5-6,8,15H,7H2,1-4H3,(H2,14,16). The summed E-state index contributed by atoms with van der Waals surface area (Å²) in [4.78, 5) is 11.0. The largest absolute Gasteiger partial charge is 0.496 e. The van der Waals surface area contributed by atoms with Gasteiger partial charge in [0.05, 0.1) is 32.9 Å². The van der Waals surface area contributed by atoms with Gasteiger partial charge in [0.1, 0.15) is 17.2 Å². The minimum atomic E-state index is -0.434. The zero-order chi connectivity index (χ0) is 14.4. The van der Waals surface area contributed by atoms with E-state index in [9.17, 15) is 4.79 Å². The number of ether oxygens (including phenoxy) is 3. The van der Waals surface area contributed by atoms with Crippen LogP contribution in [-0.2, 0) is 11.3 Å². The number of rotatable bonds is 7. The van der Waals surface area contributed by atoms with Gasteiger partial charge in [-0.2, -0.15) is 0 Å². The Morgan fingerprint density at radius 1 is 1.21 bits per heavy atom. The Bertz CT molecular complexity index is 423. The maximum absolute atomic E-state index is 11.0. The van der Waals surface area contributed by atoms with E-state index in [-0.39, 0.29) is 0 Å². The van der Waals surface area contributed by atoms with Gasteiger partial charge in [0.15, 0.2) is 0 Å². The number of carbonyl (C=O) groups is 1. The van der Waals surface area contributed by atoms with Crippen molar-refractivity contribution in [1.29, 1.82) is 0 Å². The molecular weight excluding hydrogens is 248 g/mol. The quantitative estimate of drug-likeness (QED) is 0.759. The second kappa shape index (κ2) is 6.84. The van der Waals surface area contributed by atoms with Crippen LogP contribution in [0.4, 0.5) is 0 Å². The molecule has 0 aliphatic carbocycles. The first-order valence-corrected chi connectivity index (χ1v) is 5.85. The first-order valence-electron chi connectivity index (χ1n) is 5.85. The first kappa shape index (κ1) is 15.1. The second-order valence-electron chi connectivity index (χ2n) is 4.02. The van der Waals surface area contributed by atoms with Crippen LogP contribution < -0.4 is 25.3 Å². The molecule has 0 radical (unpaired) electrons. The molecule has 0 heterocycles. The van der Waals surface area contributed by atoms with Crippen LogP contribution in [0.25, 0.3) is 0 Å². The maximum atomic E-state index is 11.0. The fraction of sp³-hybridized carbons (Fsp3) is 0.462. The topological polar surface area (TPSA) is 82.8 Å². The van der Waals surface area contributed by atoms with Gasteiger partial charge in [0, 0.05) is 18.7 Å². The molecule has 1 aromatic rings. The molecule has 1 rings (SSSR count). The Morgan fingerprint density at radius 2 is 1.74 bits per heavy atom. The number of nitrogens with two attached hydrogens (primary N) is 1. The molecule has 0 fully saturated rings. The summed E-state index contributed by atoms with van der Waals surface area (Å²) < 4.78 is 15.8. The molecule has 1 atom stereocenters. The van der Waals surface area contributed by atoms with E-state index in [0.717, 1.165) is 5.56 Å². The Morgan fingerprint density at radius 3 is 2.11 bits per heavy atom. The van der Waals surface area contributed by atoms with Gasteiger partial charge in [-0.15, -0.1) is 0 Å². The van der Waals surface area contributed by atoms with Crippen LogP contribution in [0.1, 0.15) is 12.5 Å². The molecule has 0 bridgehead atoms. The van der Waals surface area contributed by atoms with Crippen LogP contribution in [0, 0.1) is 0 Å². The summed E-state index contributed by atoms with van der Waals surface area (Å²) in [5.41, 5.74) is 6.01. The lowest BCUT2D eigenvalue weighted by molar-refractivity contribution is -0.119. The molecule has 0 aliphatic rings. The molecule has 1 unspecified atom stereocenters. The van der Waals surface area contributed by atoms with Crippen molar-refractivity contribution in [2.75, 3.05) is 21.3 Å². The van der Waals surface area contributed by atoms with E-state index < -0.39 is 11.9 Å².